The number of anilines is 3. The first kappa shape index (κ1) is 32.8. The van der Waals surface area contributed by atoms with Gasteiger partial charge in [0.1, 0.15) is 11.2 Å². The lowest BCUT2D eigenvalue weighted by Gasteiger charge is -2.32. The standard InChI is InChI=1S/C56H34N4O/c1-2-15-35(16-3-1)59-49-32-30-37(34-51(49)60-48-25-12-11-24-47(48)57-55(59)60)58(50-26-14-28-53-54(50)42-20-7-13-27-52(42)61-53)36-29-31-41-40-19-6-10-23-45(40)56(46(41)33-36)43-21-8-4-17-38(43)39-18-5-9-22-44(39)56/h1-34H. The molecule has 0 fully saturated rings. The van der Waals surface area contributed by atoms with Gasteiger partial charge < -0.3 is 9.32 Å². The van der Waals surface area contributed by atoms with E-state index in [4.69, 9.17) is 9.40 Å². The highest BCUT2D eigenvalue weighted by Gasteiger charge is 2.51. The molecule has 0 unspecified atom stereocenters. The third kappa shape index (κ3) is 4.21. The van der Waals surface area contributed by atoms with E-state index < -0.39 is 5.41 Å². The highest BCUT2D eigenvalue weighted by atomic mass is 16.3. The van der Waals surface area contributed by atoms with E-state index in [1.54, 1.807) is 0 Å². The topological polar surface area (TPSA) is 38.6 Å². The van der Waals surface area contributed by atoms with Crippen LogP contribution in [0.1, 0.15) is 22.3 Å². The second-order valence-corrected chi connectivity index (χ2v) is 16.3. The van der Waals surface area contributed by atoms with Gasteiger partial charge >= 0.3 is 0 Å². The van der Waals surface area contributed by atoms with Gasteiger partial charge in [-0.1, -0.05) is 133 Å². The molecule has 0 saturated carbocycles. The second-order valence-electron chi connectivity index (χ2n) is 16.3. The zero-order chi connectivity index (χ0) is 39.8. The van der Waals surface area contributed by atoms with Gasteiger partial charge in [-0.15, -0.1) is 0 Å². The lowest BCUT2D eigenvalue weighted by molar-refractivity contribution is 0.669. The minimum absolute atomic E-state index is 0.478. The highest BCUT2D eigenvalue weighted by Crippen LogP contribution is 2.63. The van der Waals surface area contributed by atoms with Gasteiger partial charge in [-0.2, -0.15) is 0 Å². The quantitative estimate of drug-likeness (QED) is 0.179. The van der Waals surface area contributed by atoms with Gasteiger partial charge in [-0.05, 0) is 117 Å². The monoisotopic (exact) mass is 778 g/mol. The summed E-state index contributed by atoms with van der Waals surface area (Å²) in [6.07, 6.45) is 0. The molecule has 9 aromatic carbocycles. The van der Waals surface area contributed by atoms with Crippen molar-refractivity contribution in [3.8, 4) is 27.9 Å². The maximum atomic E-state index is 6.56. The zero-order valence-corrected chi connectivity index (χ0v) is 32.8. The van der Waals surface area contributed by atoms with Crippen LogP contribution < -0.4 is 4.90 Å². The van der Waals surface area contributed by atoms with E-state index in [9.17, 15) is 0 Å². The van der Waals surface area contributed by atoms with Crippen LogP contribution in [0.15, 0.2) is 211 Å². The van der Waals surface area contributed by atoms with Crippen molar-refractivity contribution in [2.45, 2.75) is 5.41 Å². The maximum Gasteiger partial charge on any atom is 0.220 e. The molecule has 284 valence electrons. The van der Waals surface area contributed by atoms with Gasteiger partial charge in [0, 0.05) is 22.4 Å². The lowest BCUT2D eigenvalue weighted by Crippen LogP contribution is -2.26. The Morgan fingerprint density at radius 2 is 1.05 bits per heavy atom. The minimum Gasteiger partial charge on any atom is -0.456 e. The number of nitrogens with zero attached hydrogens (tertiary/aromatic N) is 4. The Hall–Kier alpha value is -8.15. The summed E-state index contributed by atoms with van der Waals surface area (Å²) in [7, 11) is 0. The molecule has 14 rings (SSSR count). The van der Waals surface area contributed by atoms with E-state index in [1.165, 1.54) is 44.5 Å². The molecule has 1 spiro atoms. The van der Waals surface area contributed by atoms with Crippen LogP contribution in [0.2, 0.25) is 0 Å². The summed E-state index contributed by atoms with van der Waals surface area (Å²) in [6, 6.07) is 74.8. The lowest BCUT2D eigenvalue weighted by atomic mass is 9.70. The molecule has 0 saturated heterocycles. The van der Waals surface area contributed by atoms with Gasteiger partial charge in [-0.25, -0.2) is 4.98 Å². The summed E-state index contributed by atoms with van der Waals surface area (Å²) in [4.78, 5) is 7.67. The molecule has 12 aromatic rings. The van der Waals surface area contributed by atoms with Crippen LogP contribution in [-0.2, 0) is 5.41 Å². The first-order valence-electron chi connectivity index (χ1n) is 20.9. The molecule has 3 heterocycles. The van der Waals surface area contributed by atoms with E-state index in [0.29, 0.717) is 0 Å². The third-order valence-corrected chi connectivity index (χ3v) is 13.3. The fourth-order valence-electron chi connectivity index (χ4n) is 11.0. The Morgan fingerprint density at radius 3 is 1.82 bits per heavy atom. The van der Waals surface area contributed by atoms with Crippen molar-refractivity contribution in [2.24, 2.45) is 0 Å². The molecule has 5 heteroatoms. The number of hydrogen-bond donors (Lipinski definition) is 0. The van der Waals surface area contributed by atoms with E-state index in [1.807, 2.05) is 6.07 Å². The Labute approximate surface area is 350 Å². The average Bonchev–Trinajstić information content (AvgIpc) is 4.11. The van der Waals surface area contributed by atoms with Crippen molar-refractivity contribution in [2.75, 3.05) is 4.90 Å². The predicted octanol–water partition coefficient (Wildman–Crippen LogP) is 14.1. The highest BCUT2D eigenvalue weighted by molar-refractivity contribution is 6.14. The molecular weight excluding hydrogens is 745 g/mol. The maximum absolute atomic E-state index is 6.56. The zero-order valence-electron chi connectivity index (χ0n) is 32.8. The van der Waals surface area contributed by atoms with Crippen molar-refractivity contribution in [1.29, 1.82) is 0 Å². The molecule has 0 amide bonds. The van der Waals surface area contributed by atoms with Crippen LogP contribution in [0.3, 0.4) is 0 Å². The number of fused-ring (bicyclic) bond motifs is 18. The van der Waals surface area contributed by atoms with Crippen molar-refractivity contribution in [3.63, 3.8) is 0 Å². The summed E-state index contributed by atoms with van der Waals surface area (Å²) < 4.78 is 11.2. The fraction of sp³-hybridized carbons (Fsp3) is 0.0179. The largest absolute Gasteiger partial charge is 0.456 e. The fourth-order valence-corrected chi connectivity index (χ4v) is 11.0. The summed E-state index contributed by atoms with van der Waals surface area (Å²) in [5.41, 5.74) is 20.0. The third-order valence-electron chi connectivity index (χ3n) is 13.3. The molecule has 3 aromatic heterocycles. The van der Waals surface area contributed by atoms with Crippen molar-refractivity contribution < 1.29 is 4.42 Å². The summed E-state index contributed by atoms with van der Waals surface area (Å²) in [6.45, 7) is 0. The van der Waals surface area contributed by atoms with Crippen LogP contribution in [0.25, 0.3) is 77.7 Å². The number of rotatable bonds is 4. The molecule has 0 bridgehead atoms. The number of benzene rings is 9. The Balaban J connectivity index is 1.09. The van der Waals surface area contributed by atoms with Gasteiger partial charge in [0.15, 0.2) is 0 Å². The van der Waals surface area contributed by atoms with Crippen LogP contribution in [0, 0.1) is 0 Å². The smallest absolute Gasteiger partial charge is 0.220 e. The van der Waals surface area contributed by atoms with Crippen LogP contribution >= 0.6 is 0 Å². The molecular formula is C56H34N4O. The summed E-state index contributed by atoms with van der Waals surface area (Å²) in [5, 5.41) is 2.16. The minimum atomic E-state index is -0.478. The van der Waals surface area contributed by atoms with Crippen molar-refractivity contribution >= 4 is 66.8 Å². The molecule has 0 atom stereocenters. The van der Waals surface area contributed by atoms with Crippen molar-refractivity contribution in [1.82, 2.24) is 14.0 Å². The molecule has 0 aliphatic heterocycles. The van der Waals surface area contributed by atoms with Gasteiger partial charge in [-0.3, -0.25) is 8.97 Å². The van der Waals surface area contributed by atoms with Gasteiger partial charge in [0.2, 0.25) is 5.78 Å². The van der Waals surface area contributed by atoms with Crippen molar-refractivity contribution in [3.05, 3.63) is 229 Å². The molecule has 5 nitrogen and oxygen atoms in total. The Kier molecular flexibility index (Phi) is 6.43. The van der Waals surface area contributed by atoms with E-state index in [-0.39, 0.29) is 0 Å². The average molecular weight is 779 g/mol. The van der Waals surface area contributed by atoms with Crippen LogP contribution in [-0.4, -0.2) is 14.0 Å². The number of imidazole rings is 2. The number of aromatic nitrogens is 3. The Bertz CT molecular complexity index is 3730. The van der Waals surface area contributed by atoms with Gasteiger partial charge in [0.05, 0.1) is 38.6 Å². The van der Waals surface area contributed by atoms with Crippen LogP contribution in [0.4, 0.5) is 17.1 Å². The number of hydrogen-bond acceptors (Lipinski definition) is 3. The summed E-state index contributed by atoms with van der Waals surface area (Å²) >= 11 is 0. The second kappa shape index (κ2) is 12.0. The normalized spacial score (nSPS) is 13.4. The predicted molar refractivity (Wildman–Crippen MR) is 248 cm³/mol. The molecule has 0 N–H and O–H groups in total. The molecule has 0 radical (unpaired) electrons. The number of furan rings is 1. The molecule has 61 heavy (non-hydrogen) atoms. The summed E-state index contributed by atoms with van der Waals surface area (Å²) in [5.74, 6) is 0.879. The first-order chi connectivity index (χ1) is 30.3. The molecule has 2 aliphatic carbocycles. The van der Waals surface area contributed by atoms with E-state index in [2.05, 4.69) is 214 Å². The van der Waals surface area contributed by atoms with E-state index in [0.717, 1.165) is 72.5 Å². The number of para-hydroxylation sites is 4. The van der Waals surface area contributed by atoms with E-state index >= 15 is 0 Å². The first-order valence-corrected chi connectivity index (χ1v) is 20.9. The van der Waals surface area contributed by atoms with Crippen LogP contribution in [0.5, 0.6) is 0 Å². The SMILES string of the molecule is c1ccc(-n2c3ccc(N(c4ccc5c(c4)C4(c6ccccc6-c6ccccc64)c4ccccc4-5)c4cccc5oc6ccccc6c45)cc3n3c4ccccc4nc23)cc1. The van der Waals surface area contributed by atoms with Gasteiger partial charge in [0.25, 0.3) is 0 Å². The Morgan fingerprint density at radius 1 is 0.443 bits per heavy atom. The molecule has 2 aliphatic rings.